The Kier molecular flexibility index (Phi) is 8.50. The summed E-state index contributed by atoms with van der Waals surface area (Å²) < 4.78 is -0.251. The molecule has 206 valence electrons. The van der Waals surface area contributed by atoms with Crippen LogP contribution in [-0.4, -0.2) is 65.6 Å². The van der Waals surface area contributed by atoms with Gasteiger partial charge in [0, 0.05) is 36.5 Å². The summed E-state index contributed by atoms with van der Waals surface area (Å²) in [6.07, 6.45) is 5.00. The summed E-state index contributed by atoms with van der Waals surface area (Å²) in [5, 5.41) is 13.8. The Morgan fingerprint density at radius 1 is 1.05 bits per heavy atom. The molecule has 5 rings (SSSR count). The Morgan fingerprint density at radius 3 is 2.33 bits per heavy atom. The Labute approximate surface area is 237 Å². The van der Waals surface area contributed by atoms with E-state index in [-0.39, 0.29) is 28.3 Å². The summed E-state index contributed by atoms with van der Waals surface area (Å²) in [6.45, 7) is 3.18. The highest BCUT2D eigenvalue weighted by Gasteiger charge is 2.48. The number of likely N-dealkylation sites (tertiary alicyclic amines) is 1. The van der Waals surface area contributed by atoms with Gasteiger partial charge < -0.3 is 21.3 Å². The van der Waals surface area contributed by atoms with Gasteiger partial charge in [-0.05, 0) is 48.1 Å². The fourth-order valence-corrected chi connectivity index (χ4v) is 6.32. The third-order valence-electron chi connectivity index (χ3n) is 7.89. The van der Waals surface area contributed by atoms with Crippen molar-refractivity contribution in [1.29, 1.82) is 0 Å². The third-order valence-corrected chi connectivity index (χ3v) is 8.50. The lowest BCUT2D eigenvalue weighted by Gasteiger charge is -2.32. The van der Waals surface area contributed by atoms with E-state index in [0.717, 1.165) is 67.6 Å². The molecule has 0 radical (unpaired) electrons. The lowest BCUT2D eigenvalue weighted by molar-refractivity contribution is -0.125. The van der Waals surface area contributed by atoms with E-state index in [1.54, 1.807) is 0 Å². The van der Waals surface area contributed by atoms with E-state index in [2.05, 4.69) is 77.7 Å². The Morgan fingerprint density at radius 2 is 1.72 bits per heavy atom. The second-order valence-corrected chi connectivity index (χ2v) is 16.0. The molecule has 2 aromatic carbocycles. The number of nitrogens with two attached hydrogens (primary N) is 1. The van der Waals surface area contributed by atoms with E-state index >= 15 is 0 Å². The van der Waals surface area contributed by atoms with Gasteiger partial charge in [-0.25, -0.2) is 0 Å². The van der Waals surface area contributed by atoms with Gasteiger partial charge >= 0.3 is 0 Å². The molecule has 2 amide bonds. The molecule has 1 aliphatic carbocycles. The number of carbonyl (C=O) groups excluding carboxylic acids is 2. The normalized spacial score (nSPS) is 21.4. The molecule has 8 nitrogen and oxygen atoms in total. The maximum absolute atomic E-state index is 14.1. The average Bonchev–Trinajstić information content (AvgIpc) is 3.62. The van der Waals surface area contributed by atoms with Gasteiger partial charge in [-0.3, -0.25) is 9.59 Å². The van der Waals surface area contributed by atoms with Crippen molar-refractivity contribution in [2.24, 2.45) is 21.9 Å². The van der Waals surface area contributed by atoms with Crippen LogP contribution < -0.4 is 16.4 Å². The van der Waals surface area contributed by atoms with Gasteiger partial charge in [0.1, 0.15) is 17.2 Å². The Balaban J connectivity index is 1.24. The van der Waals surface area contributed by atoms with Crippen LogP contribution in [0.5, 0.6) is 0 Å². The van der Waals surface area contributed by atoms with E-state index < -0.39 is 11.3 Å². The van der Waals surface area contributed by atoms with Crippen LogP contribution in [0, 0.1) is 5.92 Å². The van der Waals surface area contributed by atoms with Crippen molar-refractivity contribution in [3.05, 3.63) is 59.7 Å². The molecular formula is C28H37N6O2P3. The molecule has 2 aromatic rings. The molecule has 0 bridgehead atoms. The van der Waals surface area contributed by atoms with Crippen molar-refractivity contribution >= 4 is 51.6 Å². The minimum Gasteiger partial charge on any atom is -0.385 e. The molecule has 4 N–H and O–H groups in total. The van der Waals surface area contributed by atoms with Crippen molar-refractivity contribution in [3.63, 3.8) is 0 Å². The molecule has 2 aliphatic heterocycles. The number of rotatable bonds is 10. The summed E-state index contributed by atoms with van der Waals surface area (Å²) >= 11 is 0. The summed E-state index contributed by atoms with van der Waals surface area (Å²) in [5.74, 6) is -0.401. The lowest BCUT2D eigenvalue weighted by atomic mass is 9.73. The summed E-state index contributed by atoms with van der Waals surface area (Å²) in [4.78, 5) is 29.0. The number of hydrogen-bond donors (Lipinski definition) is 3. The van der Waals surface area contributed by atoms with E-state index in [9.17, 15) is 9.59 Å². The molecule has 11 heteroatoms. The third kappa shape index (κ3) is 5.95. The van der Waals surface area contributed by atoms with Crippen LogP contribution in [0.15, 0.2) is 58.7 Å². The van der Waals surface area contributed by atoms with Crippen molar-refractivity contribution in [2.75, 3.05) is 26.2 Å². The van der Waals surface area contributed by atoms with Crippen LogP contribution in [0.4, 0.5) is 0 Å². The zero-order valence-corrected chi connectivity index (χ0v) is 25.4. The Bertz CT molecular complexity index is 1260. The molecule has 1 fully saturated rings. The highest BCUT2D eigenvalue weighted by molar-refractivity contribution is 7.57. The molecule has 39 heavy (non-hydrogen) atoms. The number of fused-ring (bicyclic) bond motifs is 3. The van der Waals surface area contributed by atoms with Crippen molar-refractivity contribution in [1.82, 2.24) is 15.5 Å². The zero-order chi connectivity index (χ0) is 27.6. The molecule has 2 heterocycles. The standard InChI is InChI=1S/C28H37N6O2P3/c29-24-21(15-31-33-24)25(35)32-18-11-14-34(16-18)13-6-5-12-27(26(36)30-17-28(37,38)39)22-9-3-1-7-19(22)20-8-2-4-10-23(20)27/h1-4,7-10,15,18,21H,5-6,11-14,16-17,37-39H2,(H2,29,33)(H,30,36)(H,32,35). The molecular weight excluding hydrogens is 545 g/mol. The van der Waals surface area contributed by atoms with E-state index in [0.29, 0.717) is 6.54 Å². The van der Waals surface area contributed by atoms with Crippen LogP contribution in [0.1, 0.15) is 36.8 Å². The molecule has 5 atom stereocenters. The summed E-state index contributed by atoms with van der Waals surface area (Å²) in [5.41, 5.74) is 9.52. The fourth-order valence-electron chi connectivity index (χ4n) is 6.01. The number of benzene rings is 2. The predicted octanol–water partition coefficient (Wildman–Crippen LogP) is 2.68. The van der Waals surface area contributed by atoms with Crippen molar-refractivity contribution < 1.29 is 9.59 Å². The number of unbranched alkanes of at least 4 members (excludes halogenated alkanes) is 1. The molecule has 5 unspecified atom stereocenters. The largest absolute Gasteiger partial charge is 0.385 e. The van der Waals surface area contributed by atoms with E-state index in [1.807, 2.05) is 24.3 Å². The number of amides is 2. The maximum atomic E-state index is 14.1. The number of nitrogens with zero attached hydrogens (tertiary/aromatic N) is 3. The first kappa shape index (κ1) is 28.3. The number of carbonyl (C=O) groups is 2. The molecule has 0 aromatic heterocycles. The van der Waals surface area contributed by atoms with Crippen LogP contribution in [0.25, 0.3) is 11.1 Å². The first-order chi connectivity index (χ1) is 18.7. The van der Waals surface area contributed by atoms with Crippen molar-refractivity contribution in [2.45, 2.75) is 41.8 Å². The number of nitrogens with one attached hydrogen (secondary N) is 2. The lowest BCUT2D eigenvalue weighted by Crippen LogP contribution is -2.46. The smallest absolute Gasteiger partial charge is 0.236 e. The number of amidine groups is 1. The summed E-state index contributed by atoms with van der Waals surface area (Å²) in [7, 11) is 8.25. The Hall–Kier alpha value is -2.23. The molecule has 0 saturated carbocycles. The van der Waals surface area contributed by atoms with Crippen LogP contribution in [-0.2, 0) is 15.0 Å². The quantitative estimate of drug-likeness (QED) is 0.296. The highest BCUT2D eigenvalue weighted by atomic mass is 31.1. The van der Waals surface area contributed by atoms with E-state index in [1.165, 1.54) is 6.21 Å². The highest BCUT2D eigenvalue weighted by Crippen LogP contribution is 2.51. The van der Waals surface area contributed by atoms with Gasteiger partial charge in [-0.15, -0.1) is 32.8 Å². The minimum absolute atomic E-state index is 0.0545. The van der Waals surface area contributed by atoms with Crippen LogP contribution >= 0.6 is 27.7 Å². The van der Waals surface area contributed by atoms with Gasteiger partial charge in [-0.1, -0.05) is 55.0 Å². The second kappa shape index (κ2) is 11.7. The van der Waals surface area contributed by atoms with Gasteiger partial charge in [0.15, 0.2) is 0 Å². The zero-order valence-electron chi connectivity index (χ0n) is 22.0. The second-order valence-electron chi connectivity index (χ2n) is 10.8. The topological polar surface area (TPSA) is 112 Å². The van der Waals surface area contributed by atoms with Gasteiger partial charge in [0.05, 0.1) is 0 Å². The maximum Gasteiger partial charge on any atom is 0.236 e. The van der Waals surface area contributed by atoms with Crippen molar-refractivity contribution in [3.8, 4) is 11.1 Å². The first-order valence-corrected chi connectivity index (χ1v) is 15.2. The SMILES string of the molecule is NC1=NN=CC1C(=O)NC1CCN(CCCCC2(C(=O)NCC(P)(P)P)c3ccccc3-c3ccccc32)C1. The monoisotopic (exact) mass is 582 g/mol. The molecule has 1 saturated heterocycles. The minimum atomic E-state index is -0.718. The van der Waals surface area contributed by atoms with E-state index in [4.69, 9.17) is 5.73 Å². The van der Waals surface area contributed by atoms with Gasteiger partial charge in [0.2, 0.25) is 11.8 Å². The summed E-state index contributed by atoms with van der Waals surface area (Å²) in [6, 6.07) is 16.7. The molecule has 3 aliphatic rings. The average molecular weight is 583 g/mol. The number of hydrogen-bond acceptors (Lipinski definition) is 6. The van der Waals surface area contributed by atoms with Gasteiger partial charge in [-0.2, -0.15) is 5.10 Å². The van der Waals surface area contributed by atoms with Gasteiger partial charge in [0.25, 0.3) is 0 Å². The fraction of sp³-hybridized carbons (Fsp3) is 0.429. The predicted molar refractivity (Wildman–Crippen MR) is 168 cm³/mol. The van der Waals surface area contributed by atoms with Crippen LogP contribution in [0.3, 0.4) is 0 Å². The van der Waals surface area contributed by atoms with Crippen LogP contribution in [0.2, 0.25) is 0 Å². The molecule has 0 spiro atoms. The first-order valence-electron chi connectivity index (χ1n) is 13.4.